The van der Waals surface area contributed by atoms with E-state index in [9.17, 15) is 0 Å². The van der Waals surface area contributed by atoms with E-state index in [0.29, 0.717) is 0 Å². The normalized spacial score (nSPS) is 36.0. The van der Waals surface area contributed by atoms with Gasteiger partial charge in [-0.2, -0.15) is 0 Å². The zero-order valence-electron chi connectivity index (χ0n) is 10.2. The molecule has 3 heteroatoms. The van der Waals surface area contributed by atoms with Crippen molar-refractivity contribution in [3.05, 3.63) is 0 Å². The average molecular weight is 224 g/mol. The van der Waals surface area contributed by atoms with E-state index in [0.717, 1.165) is 31.2 Å². The lowest BCUT2D eigenvalue weighted by Gasteiger charge is -2.18. The Kier molecular flexibility index (Phi) is 3.46. The van der Waals surface area contributed by atoms with Gasteiger partial charge in [0.2, 0.25) is 0 Å². The zero-order valence-corrected chi connectivity index (χ0v) is 10.2. The van der Waals surface area contributed by atoms with E-state index in [2.05, 4.69) is 10.2 Å². The van der Waals surface area contributed by atoms with Gasteiger partial charge in [0, 0.05) is 31.8 Å². The topological polar surface area (TPSA) is 24.5 Å². The minimum absolute atomic E-state index is 0.785. The molecule has 1 N–H and O–H groups in total. The number of ether oxygens (including phenoxy) is 1. The van der Waals surface area contributed by atoms with E-state index in [1.807, 2.05) is 0 Å². The van der Waals surface area contributed by atoms with Crippen molar-refractivity contribution in [2.75, 3.05) is 32.8 Å². The van der Waals surface area contributed by atoms with Gasteiger partial charge in [-0.1, -0.05) is 0 Å². The molecule has 3 fully saturated rings. The molecule has 0 aromatic carbocycles. The molecule has 2 saturated heterocycles. The molecule has 3 nitrogen and oxygen atoms in total. The zero-order chi connectivity index (χ0) is 10.8. The summed E-state index contributed by atoms with van der Waals surface area (Å²) in [7, 11) is 0. The van der Waals surface area contributed by atoms with Gasteiger partial charge < -0.3 is 15.0 Å². The highest BCUT2D eigenvalue weighted by atomic mass is 16.5. The third kappa shape index (κ3) is 2.96. The van der Waals surface area contributed by atoms with Crippen LogP contribution in [0.5, 0.6) is 0 Å². The quantitative estimate of drug-likeness (QED) is 0.760. The van der Waals surface area contributed by atoms with Crippen LogP contribution in [0.15, 0.2) is 0 Å². The highest BCUT2D eigenvalue weighted by Crippen LogP contribution is 2.23. The maximum Gasteiger partial charge on any atom is 0.0495 e. The van der Waals surface area contributed by atoms with Crippen LogP contribution in [0.2, 0.25) is 0 Å². The first kappa shape index (κ1) is 11.0. The highest BCUT2D eigenvalue weighted by Gasteiger charge is 2.29. The molecule has 1 aliphatic carbocycles. The van der Waals surface area contributed by atoms with Gasteiger partial charge in [0.25, 0.3) is 0 Å². The molecule has 3 aliphatic rings. The van der Waals surface area contributed by atoms with E-state index in [4.69, 9.17) is 4.74 Å². The maximum absolute atomic E-state index is 5.42. The molecule has 0 radical (unpaired) electrons. The predicted molar refractivity (Wildman–Crippen MR) is 64.5 cm³/mol. The van der Waals surface area contributed by atoms with Crippen molar-refractivity contribution in [1.29, 1.82) is 0 Å². The van der Waals surface area contributed by atoms with Gasteiger partial charge in [-0.3, -0.25) is 0 Å². The van der Waals surface area contributed by atoms with Crippen molar-refractivity contribution in [3.63, 3.8) is 0 Å². The summed E-state index contributed by atoms with van der Waals surface area (Å²) in [5.41, 5.74) is 0. The lowest BCUT2D eigenvalue weighted by molar-refractivity contribution is 0.180. The molecule has 2 atom stereocenters. The minimum atomic E-state index is 0.785. The van der Waals surface area contributed by atoms with Crippen LogP contribution in [0.3, 0.4) is 0 Å². The van der Waals surface area contributed by atoms with Gasteiger partial charge in [0.05, 0.1) is 0 Å². The van der Waals surface area contributed by atoms with Gasteiger partial charge in [0.1, 0.15) is 0 Å². The molecule has 92 valence electrons. The maximum atomic E-state index is 5.42. The third-order valence-electron chi connectivity index (χ3n) is 4.20. The van der Waals surface area contributed by atoms with E-state index in [1.165, 1.54) is 51.7 Å². The summed E-state index contributed by atoms with van der Waals surface area (Å²) < 4.78 is 5.42. The van der Waals surface area contributed by atoms with Crippen molar-refractivity contribution in [2.45, 2.75) is 44.2 Å². The highest BCUT2D eigenvalue weighted by molar-refractivity contribution is 4.89. The van der Waals surface area contributed by atoms with Crippen LogP contribution in [0.4, 0.5) is 0 Å². The monoisotopic (exact) mass is 224 g/mol. The Hall–Kier alpha value is -0.120. The molecule has 2 aliphatic heterocycles. The molecule has 3 rings (SSSR count). The average Bonchev–Trinajstić information content (AvgIpc) is 2.81. The van der Waals surface area contributed by atoms with Gasteiger partial charge in [-0.15, -0.1) is 0 Å². The second kappa shape index (κ2) is 5.03. The lowest BCUT2D eigenvalue weighted by Crippen LogP contribution is -2.34. The lowest BCUT2D eigenvalue weighted by atomic mass is 10.1. The summed E-state index contributed by atoms with van der Waals surface area (Å²) in [4.78, 5) is 2.64. The molecule has 0 bridgehead atoms. The first-order chi connectivity index (χ1) is 7.90. The van der Waals surface area contributed by atoms with Gasteiger partial charge in [-0.25, -0.2) is 0 Å². The fourth-order valence-corrected chi connectivity index (χ4v) is 2.93. The van der Waals surface area contributed by atoms with Crippen LogP contribution < -0.4 is 5.32 Å². The predicted octanol–water partition coefficient (Wildman–Crippen LogP) is 1.24. The fraction of sp³-hybridized carbons (Fsp3) is 1.00. The smallest absolute Gasteiger partial charge is 0.0495 e. The van der Waals surface area contributed by atoms with Crippen molar-refractivity contribution in [3.8, 4) is 0 Å². The second-order valence-corrected chi connectivity index (χ2v) is 5.75. The van der Waals surface area contributed by atoms with E-state index >= 15 is 0 Å². The number of hydrogen-bond acceptors (Lipinski definition) is 3. The Morgan fingerprint density at radius 2 is 2.06 bits per heavy atom. The second-order valence-electron chi connectivity index (χ2n) is 5.75. The molecule has 2 heterocycles. The molecular weight excluding hydrogens is 200 g/mol. The van der Waals surface area contributed by atoms with E-state index < -0.39 is 0 Å². The number of nitrogens with zero attached hydrogens (tertiary/aromatic N) is 1. The van der Waals surface area contributed by atoms with E-state index in [1.54, 1.807) is 0 Å². The molecule has 0 spiro atoms. The number of nitrogens with one attached hydrogen (secondary N) is 1. The van der Waals surface area contributed by atoms with Crippen LogP contribution in [-0.4, -0.2) is 49.8 Å². The summed E-state index contributed by atoms with van der Waals surface area (Å²) in [6.07, 6.45) is 6.82. The summed E-state index contributed by atoms with van der Waals surface area (Å²) in [6.45, 7) is 5.88. The molecule has 2 unspecified atom stereocenters. The Labute approximate surface area is 98.5 Å². The van der Waals surface area contributed by atoms with Crippen LogP contribution in [0.1, 0.15) is 32.1 Å². The molecule has 0 aromatic heterocycles. The largest absolute Gasteiger partial charge is 0.381 e. The minimum Gasteiger partial charge on any atom is -0.381 e. The molecule has 16 heavy (non-hydrogen) atoms. The molecule has 0 aromatic rings. The van der Waals surface area contributed by atoms with Crippen LogP contribution in [-0.2, 0) is 4.74 Å². The summed E-state index contributed by atoms with van der Waals surface area (Å²) in [5.74, 6) is 0.843. The molecule has 1 saturated carbocycles. The molecule has 0 amide bonds. The summed E-state index contributed by atoms with van der Waals surface area (Å²) in [6, 6.07) is 1.65. The number of hydrogen-bond donors (Lipinski definition) is 1. The Morgan fingerprint density at radius 3 is 2.81 bits per heavy atom. The van der Waals surface area contributed by atoms with Gasteiger partial charge >= 0.3 is 0 Å². The van der Waals surface area contributed by atoms with Gasteiger partial charge in [-0.05, 0) is 51.1 Å². The van der Waals surface area contributed by atoms with Crippen LogP contribution in [0, 0.1) is 5.92 Å². The molecular formula is C13H24N2O. The Bertz CT molecular complexity index is 224. The van der Waals surface area contributed by atoms with Crippen molar-refractivity contribution in [1.82, 2.24) is 10.2 Å². The SMILES string of the molecule is C1CC(CCN2CCC(NC3CC3)C2)CO1. The summed E-state index contributed by atoms with van der Waals surface area (Å²) >= 11 is 0. The van der Waals surface area contributed by atoms with Gasteiger partial charge in [0.15, 0.2) is 0 Å². The van der Waals surface area contributed by atoms with E-state index in [-0.39, 0.29) is 0 Å². The van der Waals surface area contributed by atoms with Crippen LogP contribution >= 0.6 is 0 Å². The summed E-state index contributed by atoms with van der Waals surface area (Å²) in [5, 5.41) is 3.74. The first-order valence-electron chi connectivity index (χ1n) is 6.96. The fourth-order valence-electron chi connectivity index (χ4n) is 2.93. The van der Waals surface area contributed by atoms with Crippen molar-refractivity contribution >= 4 is 0 Å². The van der Waals surface area contributed by atoms with Crippen molar-refractivity contribution < 1.29 is 4.74 Å². The first-order valence-corrected chi connectivity index (χ1v) is 6.96. The van der Waals surface area contributed by atoms with Crippen molar-refractivity contribution in [2.24, 2.45) is 5.92 Å². The Balaban J connectivity index is 1.33. The Morgan fingerprint density at radius 1 is 1.12 bits per heavy atom. The van der Waals surface area contributed by atoms with Crippen LogP contribution in [0.25, 0.3) is 0 Å². The number of rotatable bonds is 5. The third-order valence-corrected chi connectivity index (χ3v) is 4.20. The number of likely N-dealkylation sites (tertiary alicyclic amines) is 1. The standard InChI is InChI=1S/C13H24N2O/c1-2-12(1)14-13-4-7-15(9-13)6-3-11-5-8-16-10-11/h11-14H,1-10H2.